The van der Waals surface area contributed by atoms with Crippen LogP contribution in [-0.2, 0) is 0 Å². The average Bonchev–Trinajstić information content (AvgIpc) is 2.31. The van der Waals surface area contributed by atoms with Gasteiger partial charge in [0.25, 0.3) is 0 Å². The molecule has 0 aliphatic heterocycles. The Morgan fingerprint density at radius 1 is 0.812 bits per heavy atom. The summed E-state index contributed by atoms with van der Waals surface area (Å²) in [5, 5.41) is 6.91. The Balaban J connectivity index is 3.54. The molecule has 16 heavy (non-hydrogen) atoms. The van der Waals surface area contributed by atoms with E-state index in [1.165, 1.54) is 57.9 Å². The summed E-state index contributed by atoms with van der Waals surface area (Å²) in [7, 11) is 2.02. The molecule has 0 fully saturated rings. The number of unbranched alkanes of at least 4 members (excludes halogenated alkanes) is 3. The Hall–Kier alpha value is -0.0800. The largest absolute Gasteiger partial charge is 0.320 e. The summed E-state index contributed by atoms with van der Waals surface area (Å²) in [6, 6.07) is 0.767. The van der Waals surface area contributed by atoms with Gasteiger partial charge in [-0.1, -0.05) is 46.0 Å². The molecule has 0 aromatic heterocycles. The summed E-state index contributed by atoms with van der Waals surface area (Å²) in [5.74, 6) is 0. The van der Waals surface area contributed by atoms with Crippen molar-refractivity contribution in [2.45, 2.75) is 71.3 Å². The summed E-state index contributed by atoms with van der Waals surface area (Å²) in [6.07, 6.45) is 10.8. The first-order valence-electron chi connectivity index (χ1n) is 7.23. The topological polar surface area (TPSA) is 24.1 Å². The van der Waals surface area contributed by atoms with Crippen molar-refractivity contribution in [3.63, 3.8) is 0 Å². The maximum Gasteiger partial charge on any atom is 0.00670 e. The predicted octanol–water partition coefficient (Wildman–Crippen LogP) is 3.32. The van der Waals surface area contributed by atoms with Gasteiger partial charge in [-0.15, -0.1) is 0 Å². The van der Waals surface area contributed by atoms with Crippen LogP contribution < -0.4 is 10.6 Å². The van der Waals surface area contributed by atoms with Crippen LogP contribution in [0, 0.1) is 0 Å². The van der Waals surface area contributed by atoms with Gasteiger partial charge in [-0.05, 0) is 39.4 Å². The summed E-state index contributed by atoms with van der Waals surface area (Å²) >= 11 is 0. The van der Waals surface area contributed by atoms with E-state index in [4.69, 9.17) is 0 Å². The monoisotopic (exact) mass is 228 g/mol. The molecule has 2 N–H and O–H groups in total. The van der Waals surface area contributed by atoms with Crippen LogP contribution in [0.1, 0.15) is 65.2 Å². The van der Waals surface area contributed by atoms with Gasteiger partial charge in [0.1, 0.15) is 0 Å². The van der Waals surface area contributed by atoms with Crippen LogP contribution in [0.5, 0.6) is 0 Å². The molecule has 0 aromatic carbocycles. The van der Waals surface area contributed by atoms with Gasteiger partial charge >= 0.3 is 0 Å². The van der Waals surface area contributed by atoms with Crippen molar-refractivity contribution in [3.8, 4) is 0 Å². The zero-order valence-electron chi connectivity index (χ0n) is 11.6. The van der Waals surface area contributed by atoms with E-state index < -0.39 is 0 Å². The minimum absolute atomic E-state index is 0.767. The molecule has 0 aliphatic rings. The van der Waals surface area contributed by atoms with E-state index in [2.05, 4.69) is 24.5 Å². The van der Waals surface area contributed by atoms with Crippen molar-refractivity contribution in [2.24, 2.45) is 0 Å². The lowest BCUT2D eigenvalue weighted by Crippen LogP contribution is -2.31. The van der Waals surface area contributed by atoms with Crippen molar-refractivity contribution >= 4 is 0 Å². The quantitative estimate of drug-likeness (QED) is 0.501. The first-order chi connectivity index (χ1) is 7.85. The third kappa shape index (κ3) is 10.4. The third-order valence-electron chi connectivity index (χ3n) is 3.10. The van der Waals surface area contributed by atoms with Crippen molar-refractivity contribution in [1.82, 2.24) is 10.6 Å². The van der Waals surface area contributed by atoms with Gasteiger partial charge in [0.15, 0.2) is 0 Å². The van der Waals surface area contributed by atoms with Gasteiger partial charge in [-0.25, -0.2) is 0 Å². The Kier molecular flexibility index (Phi) is 12.9. The predicted molar refractivity (Wildman–Crippen MR) is 74.0 cm³/mol. The van der Waals surface area contributed by atoms with E-state index in [0.717, 1.165) is 12.6 Å². The van der Waals surface area contributed by atoms with Gasteiger partial charge in [0.05, 0.1) is 0 Å². The first kappa shape index (κ1) is 15.9. The van der Waals surface area contributed by atoms with Crippen molar-refractivity contribution in [2.75, 3.05) is 20.1 Å². The Bertz CT molecular complexity index is 126. The lowest BCUT2D eigenvalue weighted by Gasteiger charge is -2.18. The highest BCUT2D eigenvalue weighted by molar-refractivity contribution is 4.67. The molecule has 0 saturated heterocycles. The maximum absolute atomic E-state index is 3.71. The van der Waals surface area contributed by atoms with E-state index >= 15 is 0 Å². The summed E-state index contributed by atoms with van der Waals surface area (Å²) in [5.41, 5.74) is 0. The van der Waals surface area contributed by atoms with Crippen molar-refractivity contribution in [3.05, 3.63) is 0 Å². The standard InChI is InChI=1S/C14H32N2/c1-4-6-8-11-14(10-7-5-2)16-13-9-12-15-3/h14-16H,4-13H2,1-3H3. The maximum atomic E-state index is 3.71. The average molecular weight is 228 g/mol. The second kappa shape index (κ2) is 13.0. The Morgan fingerprint density at radius 3 is 2.12 bits per heavy atom. The molecule has 0 rings (SSSR count). The third-order valence-corrected chi connectivity index (χ3v) is 3.10. The minimum atomic E-state index is 0.767. The fourth-order valence-corrected chi connectivity index (χ4v) is 2.01. The minimum Gasteiger partial charge on any atom is -0.320 e. The molecule has 98 valence electrons. The molecule has 0 spiro atoms. The van der Waals surface area contributed by atoms with Crippen molar-refractivity contribution < 1.29 is 0 Å². The van der Waals surface area contributed by atoms with Crippen LogP contribution >= 0.6 is 0 Å². The van der Waals surface area contributed by atoms with Crippen LogP contribution in [0.4, 0.5) is 0 Å². The molecule has 1 unspecified atom stereocenters. The molecule has 0 heterocycles. The Morgan fingerprint density at radius 2 is 1.50 bits per heavy atom. The van der Waals surface area contributed by atoms with E-state index in [1.807, 2.05) is 7.05 Å². The van der Waals surface area contributed by atoms with E-state index in [9.17, 15) is 0 Å². The SMILES string of the molecule is CCCCCC(CCCC)NCCCNC. The van der Waals surface area contributed by atoms with E-state index in [0.29, 0.717) is 0 Å². The normalized spacial score (nSPS) is 12.9. The highest BCUT2D eigenvalue weighted by Crippen LogP contribution is 2.09. The molecule has 0 amide bonds. The molecule has 0 bridgehead atoms. The van der Waals surface area contributed by atoms with Gasteiger partial charge < -0.3 is 10.6 Å². The molecule has 2 heteroatoms. The molecule has 0 radical (unpaired) electrons. The van der Waals surface area contributed by atoms with Gasteiger partial charge in [-0.2, -0.15) is 0 Å². The second-order valence-corrected chi connectivity index (χ2v) is 4.75. The Labute approximate surface area is 103 Å². The van der Waals surface area contributed by atoms with Gasteiger partial charge in [0, 0.05) is 6.04 Å². The fourth-order valence-electron chi connectivity index (χ4n) is 2.01. The zero-order valence-corrected chi connectivity index (χ0v) is 11.6. The molecule has 0 aliphatic carbocycles. The molecular formula is C14H32N2. The summed E-state index contributed by atoms with van der Waals surface area (Å²) < 4.78 is 0. The summed E-state index contributed by atoms with van der Waals surface area (Å²) in [6.45, 7) is 6.86. The molecule has 1 atom stereocenters. The second-order valence-electron chi connectivity index (χ2n) is 4.75. The van der Waals surface area contributed by atoms with E-state index in [-0.39, 0.29) is 0 Å². The lowest BCUT2D eigenvalue weighted by molar-refractivity contribution is 0.419. The first-order valence-corrected chi connectivity index (χ1v) is 7.23. The van der Waals surface area contributed by atoms with Gasteiger partial charge in [-0.3, -0.25) is 0 Å². The lowest BCUT2D eigenvalue weighted by atomic mass is 10.0. The van der Waals surface area contributed by atoms with E-state index in [1.54, 1.807) is 0 Å². The number of rotatable bonds is 12. The van der Waals surface area contributed by atoms with Crippen LogP contribution in [0.3, 0.4) is 0 Å². The highest BCUT2D eigenvalue weighted by Gasteiger charge is 2.06. The fraction of sp³-hybridized carbons (Fsp3) is 1.00. The number of nitrogens with one attached hydrogen (secondary N) is 2. The van der Waals surface area contributed by atoms with Crippen LogP contribution in [0.25, 0.3) is 0 Å². The molecule has 2 nitrogen and oxygen atoms in total. The smallest absolute Gasteiger partial charge is 0.00670 e. The van der Waals surface area contributed by atoms with Crippen molar-refractivity contribution in [1.29, 1.82) is 0 Å². The van der Waals surface area contributed by atoms with Crippen LogP contribution in [0.15, 0.2) is 0 Å². The molecule has 0 aromatic rings. The van der Waals surface area contributed by atoms with Crippen LogP contribution in [0.2, 0.25) is 0 Å². The van der Waals surface area contributed by atoms with Crippen LogP contribution in [-0.4, -0.2) is 26.2 Å². The zero-order chi connectivity index (χ0) is 12.1. The molecular weight excluding hydrogens is 196 g/mol. The summed E-state index contributed by atoms with van der Waals surface area (Å²) in [4.78, 5) is 0. The number of hydrogen-bond acceptors (Lipinski definition) is 2. The highest BCUT2D eigenvalue weighted by atomic mass is 14.9. The number of hydrogen-bond donors (Lipinski definition) is 2. The molecule has 0 saturated carbocycles. The van der Waals surface area contributed by atoms with Gasteiger partial charge in [0.2, 0.25) is 0 Å².